The van der Waals surface area contributed by atoms with Gasteiger partial charge in [0.15, 0.2) is 0 Å². The van der Waals surface area contributed by atoms with Gasteiger partial charge in [-0.1, -0.05) is 24.3 Å². The Labute approximate surface area is 205 Å². The number of hydrogen-bond acceptors (Lipinski definition) is 5. The molecule has 0 spiro atoms. The van der Waals surface area contributed by atoms with Crippen molar-refractivity contribution >= 4 is 17.5 Å². The Morgan fingerprint density at radius 1 is 1.09 bits per heavy atom. The molecular weight excluding hydrogens is 444 g/mol. The van der Waals surface area contributed by atoms with E-state index in [0.717, 1.165) is 36.3 Å². The van der Waals surface area contributed by atoms with Gasteiger partial charge in [0.2, 0.25) is 11.8 Å². The van der Waals surface area contributed by atoms with E-state index in [1.54, 1.807) is 0 Å². The van der Waals surface area contributed by atoms with Crippen molar-refractivity contribution in [2.24, 2.45) is 5.92 Å². The molecule has 1 saturated carbocycles. The maximum absolute atomic E-state index is 13.2. The van der Waals surface area contributed by atoms with Crippen LogP contribution >= 0.6 is 0 Å². The molecule has 0 bridgehead atoms. The van der Waals surface area contributed by atoms with Crippen molar-refractivity contribution < 1.29 is 24.2 Å². The quantitative estimate of drug-likeness (QED) is 0.667. The van der Waals surface area contributed by atoms with E-state index >= 15 is 0 Å². The summed E-state index contributed by atoms with van der Waals surface area (Å²) in [6.45, 7) is 1.18. The molecule has 7 heteroatoms. The number of carbonyl (C=O) groups excluding carboxylic acids is 2. The molecule has 3 aliphatic heterocycles. The molecule has 4 aliphatic rings. The lowest BCUT2D eigenvalue weighted by Crippen LogP contribution is -2.48. The highest BCUT2D eigenvalue weighted by molar-refractivity contribution is 5.91. The topological polar surface area (TPSA) is 88.1 Å². The molecule has 3 heterocycles. The van der Waals surface area contributed by atoms with Crippen LogP contribution in [0, 0.1) is 5.92 Å². The normalized spacial score (nSPS) is 26.8. The van der Waals surface area contributed by atoms with Crippen LogP contribution in [-0.2, 0) is 27.3 Å². The monoisotopic (exact) mass is 476 g/mol. The summed E-state index contributed by atoms with van der Waals surface area (Å²) in [6.07, 6.45) is 3.58. The lowest BCUT2D eigenvalue weighted by molar-refractivity contribution is -0.149. The van der Waals surface area contributed by atoms with E-state index in [9.17, 15) is 14.7 Å². The number of rotatable bonds is 6. The minimum Gasteiger partial charge on any atom is -0.487 e. The number of anilines is 1. The van der Waals surface area contributed by atoms with Crippen molar-refractivity contribution in [2.45, 2.75) is 69.3 Å². The van der Waals surface area contributed by atoms with Crippen molar-refractivity contribution in [3.8, 4) is 5.75 Å². The molecule has 184 valence electrons. The summed E-state index contributed by atoms with van der Waals surface area (Å²) < 4.78 is 12.3. The third-order valence-electron chi connectivity index (χ3n) is 7.84. The van der Waals surface area contributed by atoms with Crippen molar-refractivity contribution in [1.29, 1.82) is 0 Å². The number of aliphatic hydroxyl groups excluding tert-OH is 1. The summed E-state index contributed by atoms with van der Waals surface area (Å²) in [7, 11) is 0. The van der Waals surface area contributed by atoms with E-state index in [0.29, 0.717) is 31.8 Å². The van der Waals surface area contributed by atoms with Gasteiger partial charge < -0.3 is 24.8 Å². The molecule has 1 saturated heterocycles. The number of aliphatic hydroxyl groups is 1. The highest BCUT2D eigenvalue weighted by Gasteiger charge is 2.46. The SMILES string of the molecule is O=C(CC1CC1)Nc1ccc2c(c1)[C@@H]1C[C@@H](CC(=O)N3CCc4ccccc4C3)O[C@H](CO)[C@@H]1O2. The van der Waals surface area contributed by atoms with Gasteiger partial charge in [0, 0.05) is 36.7 Å². The fourth-order valence-corrected chi connectivity index (χ4v) is 5.80. The standard InChI is InChI=1S/C28H32N2O5/c31-16-25-28-23(22-12-20(7-8-24(22)35-28)29-26(32)11-17-5-6-17)13-21(34-25)14-27(33)30-10-9-18-3-1-2-4-19(18)15-30/h1-4,7-8,12,17,21,23,25,28,31H,5-6,9-11,13-16H2,(H,29,32)/t21-,23-,25+,28+/m0/s1. The fraction of sp³-hybridized carbons (Fsp3) is 0.500. The summed E-state index contributed by atoms with van der Waals surface area (Å²) in [5, 5.41) is 13.1. The van der Waals surface area contributed by atoms with E-state index in [-0.39, 0.29) is 43.0 Å². The molecule has 7 nitrogen and oxygen atoms in total. The first kappa shape index (κ1) is 22.6. The van der Waals surface area contributed by atoms with E-state index in [1.165, 1.54) is 11.1 Å². The van der Waals surface area contributed by atoms with E-state index < -0.39 is 6.10 Å². The van der Waals surface area contributed by atoms with Gasteiger partial charge in [-0.15, -0.1) is 0 Å². The predicted octanol–water partition coefficient (Wildman–Crippen LogP) is 3.39. The van der Waals surface area contributed by atoms with Crippen LogP contribution in [0.2, 0.25) is 0 Å². The second-order valence-electron chi connectivity index (χ2n) is 10.4. The summed E-state index contributed by atoms with van der Waals surface area (Å²) >= 11 is 0. The Bertz CT molecular complexity index is 1130. The maximum Gasteiger partial charge on any atom is 0.225 e. The molecule has 2 aromatic rings. The molecule has 0 radical (unpaired) electrons. The molecule has 2 N–H and O–H groups in total. The number of fused-ring (bicyclic) bond motifs is 4. The van der Waals surface area contributed by atoms with Crippen molar-refractivity contribution in [3.63, 3.8) is 0 Å². The van der Waals surface area contributed by atoms with Gasteiger partial charge in [0.25, 0.3) is 0 Å². The molecule has 2 amide bonds. The zero-order valence-electron chi connectivity index (χ0n) is 19.8. The van der Waals surface area contributed by atoms with Crippen molar-refractivity contribution in [3.05, 3.63) is 59.2 Å². The number of hydrogen-bond donors (Lipinski definition) is 2. The Morgan fingerprint density at radius 2 is 1.91 bits per heavy atom. The smallest absolute Gasteiger partial charge is 0.225 e. The molecule has 1 aliphatic carbocycles. The summed E-state index contributed by atoms with van der Waals surface area (Å²) in [5.74, 6) is 1.44. The molecule has 35 heavy (non-hydrogen) atoms. The molecule has 2 aromatic carbocycles. The molecule has 2 fully saturated rings. The first-order valence-corrected chi connectivity index (χ1v) is 12.8. The molecule has 4 atom stereocenters. The minimum absolute atomic E-state index is 0.0102. The van der Waals surface area contributed by atoms with Gasteiger partial charge in [-0.05, 0) is 60.9 Å². The van der Waals surface area contributed by atoms with E-state index in [2.05, 4.69) is 17.4 Å². The number of nitrogens with one attached hydrogen (secondary N) is 1. The number of amides is 2. The van der Waals surface area contributed by atoms with Gasteiger partial charge >= 0.3 is 0 Å². The number of ether oxygens (including phenoxy) is 2. The highest BCUT2D eigenvalue weighted by atomic mass is 16.6. The van der Waals surface area contributed by atoms with Crippen LogP contribution in [0.3, 0.4) is 0 Å². The Kier molecular flexibility index (Phi) is 5.98. The average Bonchev–Trinajstić information content (AvgIpc) is 3.61. The van der Waals surface area contributed by atoms with Crippen LogP contribution in [0.1, 0.15) is 54.7 Å². The van der Waals surface area contributed by atoms with Crippen LogP contribution in [-0.4, -0.2) is 53.3 Å². The van der Waals surface area contributed by atoms with E-state index in [1.807, 2.05) is 35.2 Å². The summed E-state index contributed by atoms with van der Waals surface area (Å²) in [6, 6.07) is 14.0. The van der Waals surface area contributed by atoms with Crippen molar-refractivity contribution in [1.82, 2.24) is 4.90 Å². The second-order valence-corrected chi connectivity index (χ2v) is 10.4. The largest absolute Gasteiger partial charge is 0.487 e. The lowest BCUT2D eigenvalue weighted by atomic mass is 9.84. The number of benzene rings is 2. The van der Waals surface area contributed by atoms with Crippen molar-refractivity contribution in [2.75, 3.05) is 18.5 Å². The van der Waals surface area contributed by atoms with Gasteiger partial charge in [0.05, 0.1) is 19.1 Å². The van der Waals surface area contributed by atoms with E-state index in [4.69, 9.17) is 9.47 Å². The average molecular weight is 477 g/mol. The first-order chi connectivity index (χ1) is 17.1. The van der Waals surface area contributed by atoms with Gasteiger partial charge in [-0.25, -0.2) is 0 Å². The first-order valence-electron chi connectivity index (χ1n) is 12.8. The van der Waals surface area contributed by atoms with Crippen LogP contribution in [0.25, 0.3) is 0 Å². The predicted molar refractivity (Wildman–Crippen MR) is 130 cm³/mol. The van der Waals surface area contributed by atoms with Gasteiger partial charge in [0.1, 0.15) is 18.0 Å². The zero-order chi connectivity index (χ0) is 23.9. The highest BCUT2D eigenvalue weighted by Crippen LogP contribution is 2.47. The Hall–Kier alpha value is -2.90. The third kappa shape index (κ3) is 4.67. The van der Waals surface area contributed by atoms with Crippen LogP contribution < -0.4 is 10.1 Å². The second kappa shape index (κ2) is 9.28. The van der Waals surface area contributed by atoms with Gasteiger partial charge in [-0.2, -0.15) is 0 Å². The fourth-order valence-electron chi connectivity index (χ4n) is 5.80. The van der Waals surface area contributed by atoms with Crippen LogP contribution in [0.4, 0.5) is 5.69 Å². The summed E-state index contributed by atoms with van der Waals surface area (Å²) in [5.41, 5.74) is 4.31. The molecule has 6 rings (SSSR count). The minimum atomic E-state index is -0.492. The molecular formula is C28H32N2O5. The van der Waals surface area contributed by atoms with Crippen LogP contribution in [0.5, 0.6) is 5.75 Å². The number of carbonyl (C=O) groups is 2. The Morgan fingerprint density at radius 3 is 2.71 bits per heavy atom. The van der Waals surface area contributed by atoms with Gasteiger partial charge in [-0.3, -0.25) is 9.59 Å². The third-order valence-corrected chi connectivity index (χ3v) is 7.84. The lowest BCUT2D eigenvalue weighted by Gasteiger charge is -2.38. The number of nitrogens with zero attached hydrogens (tertiary/aromatic N) is 1. The Balaban J connectivity index is 1.14. The molecule has 0 aromatic heterocycles. The summed E-state index contributed by atoms with van der Waals surface area (Å²) in [4.78, 5) is 27.4. The maximum atomic E-state index is 13.2. The zero-order valence-corrected chi connectivity index (χ0v) is 19.8. The van der Waals surface area contributed by atoms with Crippen LogP contribution in [0.15, 0.2) is 42.5 Å². The molecule has 0 unspecified atom stereocenters.